The Morgan fingerprint density at radius 2 is 1.81 bits per heavy atom. The Bertz CT molecular complexity index is 567. The largest absolute Gasteiger partial charge is 0.489 e. The summed E-state index contributed by atoms with van der Waals surface area (Å²) in [5, 5.41) is 0. The average Bonchev–Trinajstić information content (AvgIpc) is 2.51. The molecule has 2 aromatic rings. The van der Waals surface area contributed by atoms with E-state index >= 15 is 0 Å². The summed E-state index contributed by atoms with van der Waals surface area (Å²) in [7, 11) is 0. The maximum atomic E-state index is 6.11. The Morgan fingerprint density at radius 1 is 1.05 bits per heavy atom. The zero-order valence-electron chi connectivity index (χ0n) is 12.7. The minimum Gasteiger partial charge on any atom is -0.489 e. The molecule has 2 aromatic carbocycles. The smallest absolute Gasteiger partial charge is 0.119 e. The molecule has 0 saturated carbocycles. The zero-order valence-corrected chi connectivity index (χ0v) is 12.7. The van der Waals surface area contributed by atoms with Gasteiger partial charge in [0.15, 0.2) is 0 Å². The second-order valence-corrected chi connectivity index (χ2v) is 5.86. The van der Waals surface area contributed by atoms with Gasteiger partial charge in [-0.15, -0.1) is 0 Å². The standard InChI is InChI=1S/C19H23NO/c1-16-8-5-6-9-17(16)14-20-13-7-12-19(15-20)21-18-10-3-2-4-11-18/h2-6,8-11,19H,7,12-15H2,1H3. The van der Waals surface area contributed by atoms with Gasteiger partial charge in [-0.1, -0.05) is 42.5 Å². The van der Waals surface area contributed by atoms with Crippen LogP contribution in [0.2, 0.25) is 0 Å². The maximum absolute atomic E-state index is 6.11. The number of piperidine rings is 1. The number of likely N-dealkylation sites (tertiary alicyclic amines) is 1. The van der Waals surface area contributed by atoms with Gasteiger partial charge >= 0.3 is 0 Å². The van der Waals surface area contributed by atoms with Crippen LogP contribution in [0, 0.1) is 6.92 Å². The van der Waals surface area contributed by atoms with Gasteiger partial charge in [-0.2, -0.15) is 0 Å². The lowest BCUT2D eigenvalue weighted by atomic mass is 10.0. The summed E-state index contributed by atoms with van der Waals surface area (Å²) in [6, 6.07) is 18.8. The molecule has 0 aromatic heterocycles. The first kappa shape index (κ1) is 14.2. The van der Waals surface area contributed by atoms with E-state index in [2.05, 4.69) is 36.1 Å². The number of hydrogen-bond donors (Lipinski definition) is 0. The van der Waals surface area contributed by atoms with Gasteiger partial charge in [0.25, 0.3) is 0 Å². The highest BCUT2D eigenvalue weighted by molar-refractivity contribution is 5.25. The van der Waals surface area contributed by atoms with Crippen molar-refractivity contribution in [3.05, 3.63) is 65.7 Å². The highest BCUT2D eigenvalue weighted by Gasteiger charge is 2.21. The number of aryl methyl sites for hydroxylation is 1. The second-order valence-electron chi connectivity index (χ2n) is 5.86. The van der Waals surface area contributed by atoms with Crippen LogP contribution in [0.4, 0.5) is 0 Å². The van der Waals surface area contributed by atoms with E-state index < -0.39 is 0 Å². The molecule has 1 atom stereocenters. The van der Waals surface area contributed by atoms with Crippen LogP contribution in [0.15, 0.2) is 54.6 Å². The van der Waals surface area contributed by atoms with E-state index in [1.54, 1.807) is 0 Å². The fraction of sp³-hybridized carbons (Fsp3) is 0.368. The first-order valence-corrected chi connectivity index (χ1v) is 7.80. The molecule has 1 unspecified atom stereocenters. The Morgan fingerprint density at radius 3 is 2.62 bits per heavy atom. The average molecular weight is 281 g/mol. The molecule has 0 bridgehead atoms. The summed E-state index contributed by atoms with van der Waals surface area (Å²) in [6.07, 6.45) is 2.67. The van der Waals surface area contributed by atoms with Crippen molar-refractivity contribution in [3.8, 4) is 5.75 Å². The monoisotopic (exact) mass is 281 g/mol. The van der Waals surface area contributed by atoms with Gasteiger partial charge in [0.2, 0.25) is 0 Å². The normalized spacial score (nSPS) is 19.4. The molecule has 0 amide bonds. The lowest BCUT2D eigenvalue weighted by Gasteiger charge is -2.33. The van der Waals surface area contributed by atoms with Gasteiger partial charge in [-0.25, -0.2) is 0 Å². The molecule has 21 heavy (non-hydrogen) atoms. The van der Waals surface area contributed by atoms with Gasteiger partial charge in [0.05, 0.1) is 0 Å². The van der Waals surface area contributed by atoms with Crippen molar-refractivity contribution in [1.29, 1.82) is 0 Å². The third-order valence-electron chi connectivity index (χ3n) is 4.16. The van der Waals surface area contributed by atoms with Crippen molar-refractivity contribution in [1.82, 2.24) is 4.90 Å². The van der Waals surface area contributed by atoms with Crippen LogP contribution in [-0.2, 0) is 6.54 Å². The molecule has 1 aliphatic rings. The number of hydrogen-bond acceptors (Lipinski definition) is 2. The third-order valence-corrected chi connectivity index (χ3v) is 4.16. The predicted molar refractivity (Wildman–Crippen MR) is 86.5 cm³/mol. The molecule has 0 aliphatic carbocycles. The van der Waals surface area contributed by atoms with E-state index in [1.165, 1.54) is 24.1 Å². The zero-order chi connectivity index (χ0) is 14.5. The van der Waals surface area contributed by atoms with Crippen LogP contribution in [-0.4, -0.2) is 24.1 Å². The van der Waals surface area contributed by atoms with Crippen LogP contribution in [0.1, 0.15) is 24.0 Å². The molecule has 110 valence electrons. The molecule has 1 aliphatic heterocycles. The van der Waals surface area contributed by atoms with Gasteiger partial charge in [0.1, 0.15) is 11.9 Å². The van der Waals surface area contributed by atoms with Gasteiger partial charge < -0.3 is 4.74 Å². The van der Waals surface area contributed by atoms with Crippen LogP contribution in [0.25, 0.3) is 0 Å². The second kappa shape index (κ2) is 6.77. The van der Waals surface area contributed by atoms with Crippen molar-refractivity contribution < 1.29 is 4.74 Å². The molecule has 0 spiro atoms. The SMILES string of the molecule is Cc1ccccc1CN1CCCC(Oc2ccccc2)C1. The van der Waals surface area contributed by atoms with Gasteiger partial charge in [-0.05, 0) is 49.6 Å². The van der Waals surface area contributed by atoms with Crippen molar-refractivity contribution in [2.45, 2.75) is 32.4 Å². The first-order chi connectivity index (χ1) is 10.3. The summed E-state index contributed by atoms with van der Waals surface area (Å²) in [5.41, 5.74) is 2.81. The molecular weight excluding hydrogens is 258 g/mol. The highest BCUT2D eigenvalue weighted by Crippen LogP contribution is 2.20. The Balaban J connectivity index is 1.60. The molecular formula is C19H23NO. The van der Waals surface area contributed by atoms with Gasteiger partial charge in [0, 0.05) is 13.1 Å². The third kappa shape index (κ3) is 3.85. The molecule has 0 N–H and O–H groups in total. The fourth-order valence-corrected chi connectivity index (χ4v) is 2.97. The van der Waals surface area contributed by atoms with E-state index in [0.29, 0.717) is 6.10 Å². The first-order valence-electron chi connectivity index (χ1n) is 7.80. The number of para-hydroxylation sites is 1. The van der Waals surface area contributed by atoms with Crippen LogP contribution in [0.3, 0.4) is 0 Å². The van der Waals surface area contributed by atoms with E-state index in [-0.39, 0.29) is 0 Å². The van der Waals surface area contributed by atoms with Gasteiger partial charge in [-0.3, -0.25) is 4.90 Å². The molecule has 0 radical (unpaired) electrons. The summed E-state index contributed by atoms with van der Waals surface area (Å²) in [6.45, 7) is 5.41. The summed E-state index contributed by atoms with van der Waals surface area (Å²) in [5.74, 6) is 0.986. The molecule has 1 heterocycles. The summed E-state index contributed by atoms with van der Waals surface area (Å²) >= 11 is 0. The van der Waals surface area contributed by atoms with E-state index in [4.69, 9.17) is 4.74 Å². The van der Waals surface area contributed by atoms with Crippen LogP contribution >= 0.6 is 0 Å². The minimum atomic E-state index is 0.310. The van der Waals surface area contributed by atoms with E-state index in [1.807, 2.05) is 30.3 Å². The predicted octanol–water partition coefficient (Wildman–Crippen LogP) is 4.04. The lowest BCUT2D eigenvalue weighted by molar-refractivity contribution is 0.0842. The molecule has 3 rings (SSSR count). The van der Waals surface area contributed by atoms with E-state index in [9.17, 15) is 0 Å². The number of rotatable bonds is 4. The quantitative estimate of drug-likeness (QED) is 0.838. The molecule has 2 nitrogen and oxygen atoms in total. The molecule has 1 fully saturated rings. The van der Waals surface area contributed by atoms with Crippen molar-refractivity contribution >= 4 is 0 Å². The summed E-state index contributed by atoms with van der Waals surface area (Å²) < 4.78 is 6.11. The minimum absolute atomic E-state index is 0.310. The lowest BCUT2D eigenvalue weighted by Crippen LogP contribution is -2.40. The Hall–Kier alpha value is -1.80. The van der Waals surface area contributed by atoms with Crippen LogP contribution in [0.5, 0.6) is 5.75 Å². The highest BCUT2D eigenvalue weighted by atomic mass is 16.5. The Labute approximate surface area is 127 Å². The fourth-order valence-electron chi connectivity index (χ4n) is 2.97. The molecule has 1 saturated heterocycles. The number of nitrogens with zero attached hydrogens (tertiary/aromatic N) is 1. The van der Waals surface area contributed by atoms with Crippen molar-refractivity contribution in [2.75, 3.05) is 13.1 Å². The maximum Gasteiger partial charge on any atom is 0.119 e. The van der Waals surface area contributed by atoms with Crippen molar-refractivity contribution in [3.63, 3.8) is 0 Å². The topological polar surface area (TPSA) is 12.5 Å². The summed E-state index contributed by atoms with van der Waals surface area (Å²) in [4.78, 5) is 2.51. The number of benzene rings is 2. The van der Waals surface area contributed by atoms with E-state index in [0.717, 1.165) is 25.3 Å². The number of ether oxygens (including phenoxy) is 1. The Kier molecular flexibility index (Phi) is 4.56. The van der Waals surface area contributed by atoms with Crippen LogP contribution < -0.4 is 4.74 Å². The molecule has 2 heteroatoms. The van der Waals surface area contributed by atoms with Crippen molar-refractivity contribution in [2.24, 2.45) is 0 Å².